The number of aromatic hydroxyl groups is 1. The maximum Gasteiger partial charge on any atom is 0.261 e. The highest BCUT2D eigenvalue weighted by Crippen LogP contribution is 2.26. The number of phenols is 1. The maximum absolute atomic E-state index is 12.8. The van der Waals surface area contributed by atoms with Crippen molar-refractivity contribution in [1.82, 2.24) is 0 Å². The lowest BCUT2D eigenvalue weighted by Gasteiger charge is -2.11. The van der Waals surface area contributed by atoms with Crippen LogP contribution < -0.4 is 4.72 Å². The summed E-state index contributed by atoms with van der Waals surface area (Å²) >= 11 is 5.83. The SMILES string of the molecule is O=C(CN=Cc1c(O)ccc2ccccc12)c1ccccc1NS(=O)(=O)c1ccc(Cl)cc1. The fourth-order valence-electron chi connectivity index (χ4n) is 3.36. The first kappa shape index (κ1) is 22.5. The Labute approximate surface area is 196 Å². The number of hydrogen-bond donors (Lipinski definition) is 2. The van der Waals surface area contributed by atoms with Gasteiger partial charge in [0.05, 0.1) is 10.6 Å². The third-order valence-electron chi connectivity index (χ3n) is 5.00. The molecule has 4 aromatic carbocycles. The molecule has 8 heteroatoms. The van der Waals surface area contributed by atoms with Gasteiger partial charge >= 0.3 is 0 Å². The van der Waals surface area contributed by atoms with Gasteiger partial charge < -0.3 is 5.11 Å². The van der Waals surface area contributed by atoms with Gasteiger partial charge in [-0.15, -0.1) is 0 Å². The van der Waals surface area contributed by atoms with Gasteiger partial charge in [0.25, 0.3) is 10.0 Å². The summed E-state index contributed by atoms with van der Waals surface area (Å²) in [6.45, 7) is -0.220. The second kappa shape index (κ2) is 9.44. The average molecular weight is 479 g/mol. The summed E-state index contributed by atoms with van der Waals surface area (Å²) < 4.78 is 27.9. The Morgan fingerprint density at radius 1 is 0.939 bits per heavy atom. The van der Waals surface area contributed by atoms with Crippen molar-refractivity contribution in [1.29, 1.82) is 0 Å². The standard InChI is InChI=1S/C25H19ClN2O4S/c26-18-10-12-19(13-11-18)33(31,32)28-23-8-4-3-7-21(23)25(30)16-27-15-22-20-6-2-1-5-17(20)9-14-24(22)29/h1-15,28-29H,16H2. The number of fused-ring (bicyclic) bond motifs is 1. The van der Waals surface area contributed by atoms with Crippen LogP contribution in [0.4, 0.5) is 5.69 Å². The van der Waals surface area contributed by atoms with E-state index >= 15 is 0 Å². The van der Waals surface area contributed by atoms with Crippen molar-refractivity contribution in [3.05, 3.63) is 101 Å². The van der Waals surface area contributed by atoms with Crippen LogP contribution in [0.2, 0.25) is 5.02 Å². The van der Waals surface area contributed by atoms with Gasteiger partial charge in [-0.1, -0.05) is 54.1 Å². The Morgan fingerprint density at radius 3 is 2.42 bits per heavy atom. The number of benzene rings is 4. The number of aliphatic imine (C=N–C) groups is 1. The summed E-state index contributed by atoms with van der Waals surface area (Å²) in [4.78, 5) is 17.1. The van der Waals surface area contributed by atoms with Crippen LogP contribution in [0.3, 0.4) is 0 Å². The third kappa shape index (κ3) is 5.05. The van der Waals surface area contributed by atoms with E-state index in [-0.39, 0.29) is 34.2 Å². The summed E-state index contributed by atoms with van der Waals surface area (Å²) in [5, 5.41) is 12.4. The fraction of sp³-hybridized carbons (Fsp3) is 0.0400. The number of halogens is 1. The molecule has 0 unspecified atom stereocenters. The topological polar surface area (TPSA) is 95.8 Å². The first-order valence-corrected chi connectivity index (χ1v) is 11.8. The van der Waals surface area contributed by atoms with Gasteiger partial charge in [0, 0.05) is 22.4 Å². The number of carbonyl (C=O) groups excluding carboxylic acids is 1. The van der Waals surface area contributed by atoms with Gasteiger partial charge in [-0.2, -0.15) is 0 Å². The molecule has 0 spiro atoms. The normalized spacial score (nSPS) is 11.7. The van der Waals surface area contributed by atoms with Gasteiger partial charge in [0.2, 0.25) is 0 Å². The number of nitrogens with one attached hydrogen (secondary N) is 1. The third-order valence-corrected chi connectivity index (χ3v) is 6.63. The Kier molecular flexibility index (Phi) is 6.44. The molecule has 166 valence electrons. The highest BCUT2D eigenvalue weighted by molar-refractivity contribution is 7.92. The molecule has 0 amide bonds. The van der Waals surface area contributed by atoms with E-state index in [0.717, 1.165) is 10.8 Å². The first-order valence-electron chi connectivity index (χ1n) is 9.96. The minimum atomic E-state index is -3.91. The van der Waals surface area contributed by atoms with Gasteiger partial charge in [0.15, 0.2) is 5.78 Å². The van der Waals surface area contributed by atoms with Crippen LogP contribution >= 0.6 is 11.6 Å². The van der Waals surface area contributed by atoms with E-state index in [0.29, 0.717) is 10.6 Å². The lowest BCUT2D eigenvalue weighted by atomic mass is 10.0. The van der Waals surface area contributed by atoms with Crippen molar-refractivity contribution in [3.8, 4) is 5.75 Å². The summed E-state index contributed by atoms with van der Waals surface area (Å²) in [5.74, 6) is -0.318. The van der Waals surface area contributed by atoms with E-state index in [2.05, 4.69) is 9.71 Å². The van der Waals surface area contributed by atoms with Gasteiger partial charge in [-0.3, -0.25) is 14.5 Å². The number of sulfonamides is 1. The van der Waals surface area contributed by atoms with Crippen molar-refractivity contribution in [2.75, 3.05) is 11.3 Å². The molecule has 0 atom stereocenters. The van der Waals surface area contributed by atoms with Gasteiger partial charge in [-0.25, -0.2) is 8.42 Å². The number of rotatable bonds is 7. The van der Waals surface area contributed by atoms with Crippen molar-refractivity contribution in [2.45, 2.75) is 4.90 Å². The maximum atomic E-state index is 12.8. The van der Waals surface area contributed by atoms with Crippen molar-refractivity contribution < 1.29 is 18.3 Å². The van der Waals surface area contributed by atoms with Gasteiger partial charge in [0.1, 0.15) is 12.3 Å². The van der Waals surface area contributed by atoms with Crippen LogP contribution in [0, 0.1) is 0 Å². The summed E-state index contributed by atoms with van der Waals surface area (Å²) in [7, 11) is -3.91. The number of anilines is 1. The molecule has 0 radical (unpaired) electrons. The number of phenolic OH excluding ortho intramolecular Hbond substituents is 1. The lowest BCUT2D eigenvalue weighted by Crippen LogP contribution is -2.16. The molecule has 33 heavy (non-hydrogen) atoms. The highest BCUT2D eigenvalue weighted by Gasteiger charge is 2.18. The van der Waals surface area contributed by atoms with Crippen LogP contribution in [-0.2, 0) is 10.0 Å². The first-order chi connectivity index (χ1) is 15.8. The summed E-state index contributed by atoms with van der Waals surface area (Å²) in [6, 6.07) is 23.0. The van der Waals surface area contributed by atoms with Crippen LogP contribution in [0.25, 0.3) is 10.8 Å². The summed E-state index contributed by atoms with van der Waals surface area (Å²) in [5.41, 5.74) is 0.854. The second-order valence-electron chi connectivity index (χ2n) is 7.22. The number of carbonyl (C=O) groups is 1. The number of ketones is 1. The van der Waals surface area contributed by atoms with Crippen molar-refractivity contribution in [2.24, 2.45) is 4.99 Å². The molecule has 4 aromatic rings. The van der Waals surface area contributed by atoms with Crippen molar-refractivity contribution in [3.63, 3.8) is 0 Å². The minimum absolute atomic E-state index is 0.0265. The highest BCUT2D eigenvalue weighted by atomic mass is 35.5. The lowest BCUT2D eigenvalue weighted by molar-refractivity contribution is 0.100. The zero-order valence-electron chi connectivity index (χ0n) is 17.3. The molecule has 0 aliphatic carbocycles. The van der Waals surface area contributed by atoms with E-state index in [1.807, 2.05) is 24.3 Å². The molecular weight excluding hydrogens is 460 g/mol. The molecule has 0 aliphatic rings. The molecule has 0 heterocycles. The van der Waals surface area contributed by atoms with E-state index in [4.69, 9.17) is 11.6 Å². The van der Waals surface area contributed by atoms with Crippen LogP contribution in [-0.4, -0.2) is 32.1 Å². The monoisotopic (exact) mass is 478 g/mol. The van der Waals surface area contributed by atoms with Crippen LogP contribution in [0.1, 0.15) is 15.9 Å². The van der Waals surface area contributed by atoms with Crippen LogP contribution in [0.15, 0.2) is 94.8 Å². The number of para-hydroxylation sites is 1. The quantitative estimate of drug-likeness (QED) is 0.278. The molecule has 4 rings (SSSR count). The largest absolute Gasteiger partial charge is 0.507 e. The van der Waals surface area contributed by atoms with E-state index in [1.54, 1.807) is 24.3 Å². The second-order valence-corrected chi connectivity index (χ2v) is 9.34. The molecule has 0 saturated carbocycles. The molecule has 0 aromatic heterocycles. The van der Waals surface area contributed by atoms with E-state index in [9.17, 15) is 18.3 Å². The zero-order chi connectivity index (χ0) is 23.4. The molecule has 0 bridgehead atoms. The molecule has 0 aliphatic heterocycles. The molecule has 0 fully saturated rings. The van der Waals surface area contributed by atoms with Gasteiger partial charge in [-0.05, 0) is 53.2 Å². The zero-order valence-corrected chi connectivity index (χ0v) is 18.8. The number of Topliss-reactive ketones (excluding diaryl/α,β-unsaturated/α-hetero) is 1. The van der Waals surface area contributed by atoms with E-state index in [1.165, 1.54) is 42.6 Å². The Balaban J connectivity index is 1.56. The minimum Gasteiger partial charge on any atom is -0.507 e. The average Bonchev–Trinajstić information content (AvgIpc) is 2.81. The Hall–Kier alpha value is -3.68. The Bertz CT molecular complexity index is 1470. The number of nitrogens with zero attached hydrogens (tertiary/aromatic N) is 1. The summed E-state index contributed by atoms with van der Waals surface area (Å²) in [6.07, 6.45) is 1.45. The predicted octanol–water partition coefficient (Wildman–Crippen LogP) is 5.30. The van der Waals surface area contributed by atoms with Crippen LogP contribution in [0.5, 0.6) is 5.75 Å². The Morgan fingerprint density at radius 2 is 1.64 bits per heavy atom. The van der Waals surface area contributed by atoms with E-state index < -0.39 is 10.0 Å². The predicted molar refractivity (Wildman–Crippen MR) is 131 cm³/mol. The molecule has 6 nitrogen and oxygen atoms in total. The molecule has 0 saturated heterocycles. The fourth-order valence-corrected chi connectivity index (χ4v) is 4.56. The van der Waals surface area contributed by atoms with Crippen molar-refractivity contribution >= 4 is 50.1 Å². The smallest absolute Gasteiger partial charge is 0.261 e. The molecular formula is C25H19ClN2O4S. The number of hydrogen-bond acceptors (Lipinski definition) is 5. The molecule has 2 N–H and O–H groups in total.